The highest BCUT2D eigenvalue weighted by Gasteiger charge is 2.25. The minimum Gasteiger partial charge on any atom is -0.491 e. The van der Waals surface area contributed by atoms with Crippen molar-refractivity contribution in [3.8, 4) is 34.1 Å². The van der Waals surface area contributed by atoms with Gasteiger partial charge in [-0.1, -0.05) is 18.2 Å². The van der Waals surface area contributed by atoms with E-state index in [-0.39, 0.29) is 5.91 Å². The van der Waals surface area contributed by atoms with Crippen molar-refractivity contribution in [1.29, 1.82) is 5.26 Å². The smallest absolute Gasteiger partial charge is 0.257 e. The van der Waals surface area contributed by atoms with Gasteiger partial charge in [-0.3, -0.25) is 4.79 Å². The van der Waals surface area contributed by atoms with Crippen LogP contribution in [0.25, 0.3) is 33.3 Å². The maximum Gasteiger partial charge on any atom is 0.257 e. The number of aromatic nitrogens is 2. The van der Waals surface area contributed by atoms with Crippen LogP contribution in [0.15, 0.2) is 60.9 Å². The van der Waals surface area contributed by atoms with Crippen LogP contribution in [0.3, 0.4) is 0 Å². The fraction of sp³-hybridized carbons (Fsp3) is 0.276. The summed E-state index contributed by atoms with van der Waals surface area (Å²) in [4.78, 5) is 25.5. The Kier molecular flexibility index (Phi) is 5.88. The normalized spacial score (nSPS) is 16.0. The summed E-state index contributed by atoms with van der Waals surface area (Å²) in [6.45, 7) is 4.98. The topological polar surface area (TPSA) is 85.2 Å². The molecule has 0 unspecified atom stereocenters. The molecule has 4 heterocycles. The van der Waals surface area contributed by atoms with Crippen LogP contribution in [-0.2, 0) is 0 Å². The first-order valence-electron chi connectivity index (χ1n) is 12.5. The number of aromatic amines is 1. The molecule has 0 radical (unpaired) electrons. The Morgan fingerprint density at radius 3 is 2.72 bits per heavy atom. The molecule has 4 aromatic rings. The standard InChI is InChI=1S/C29H27N5O2/c30-17-20-4-3-5-22(14-20)26-19-32-28-25(26)15-23(18-31-28)21-6-7-24-27(16-21)36-13-12-34(29(24)35)11-10-33-8-1-2-9-33/h3-7,14-16,18-19H,1-2,8-13H2,(H,31,32). The lowest BCUT2D eigenvalue weighted by molar-refractivity contribution is 0.0740. The third-order valence-corrected chi connectivity index (χ3v) is 7.17. The van der Waals surface area contributed by atoms with Gasteiger partial charge in [-0.15, -0.1) is 0 Å². The lowest BCUT2D eigenvalue weighted by Crippen LogP contribution is -2.38. The monoisotopic (exact) mass is 477 g/mol. The molecule has 7 nitrogen and oxygen atoms in total. The van der Waals surface area contributed by atoms with Crippen molar-refractivity contribution in [2.75, 3.05) is 39.3 Å². The van der Waals surface area contributed by atoms with E-state index in [0.717, 1.165) is 59.5 Å². The Morgan fingerprint density at radius 2 is 1.86 bits per heavy atom. The zero-order valence-electron chi connectivity index (χ0n) is 20.0. The Morgan fingerprint density at radius 1 is 0.972 bits per heavy atom. The third kappa shape index (κ3) is 4.21. The average molecular weight is 478 g/mol. The summed E-state index contributed by atoms with van der Waals surface area (Å²) in [6, 6.07) is 17.6. The minimum atomic E-state index is 0.0344. The lowest BCUT2D eigenvalue weighted by Gasteiger charge is -2.23. The van der Waals surface area contributed by atoms with Crippen LogP contribution in [-0.4, -0.2) is 65.0 Å². The van der Waals surface area contributed by atoms with Gasteiger partial charge in [0.1, 0.15) is 18.0 Å². The maximum atomic E-state index is 13.3. The summed E-state index contributed by atoms with van der Waals surface area (Å²) in [5.41, 5.74) is 5.85. The molecule has 2 aliphatic heterocycles. The number of carbonyl (C=O) groups is 1. The number of pyridine rings is 1. The number of nitrogens with zero attached hydrogens (tertiary/aromatic N) is 4. The second kappa shape index (κ2) is 9.48. The molecule has 0 atom stereocenters. The predicted octanol–water partition coefficient (Wildman–Crippen LogP) is 4.70. The Bertz CT molecular complexity index is 1480. The number of benzene rings is 2. The highest BCUT2D eigenvalue weighted by atomic mass is 16.5. The SMILES string of the molecule is N#Cc1cccc(-c2c[nH]c3ncc(-c4ccc5c(c4)OCCN(CCN4CCCC4)C5=O)cc23)c1. The number of hydrogen-bond acceptors (Lipinski definition) is 5. The first kappa shape index (κ1) is 22.3. The summed E-state index contributed by atoms with van der Waals surface area (Å²) in [7, 11) is 0. The first-order chi connectivity index (χ1) is 17.7. The van der Waals surface area contributed by atoms with Gasteiger partial charge in [-0.25, -0.2) is 4.98 Å². The molecule has 1 amide bonds. The van der Waals surface area contributed by atoms with Gasteiger partial charge in [0, 0.05) is 42.0 Å². The molecule has 2 aliphatic rings. The number of nitrogens with one attached hydrogen (secondary N) is 1. The van der Waals surface area contributed by atoms with Gasteiger partial charge in [0.2, 0.25) is 0 Å². The van der Waals surface area contributed by atoms with Crippen molar-refractivity contribution in [2.45, 2.75) is 12.8 Å². The zero-order chi connectivity index (χ0) is 24.5. The van der Waals surface area contributed by atoms with Crippen LogP contribution in [0.2, 0.25) is 0 Å². The molecule has 7 heteroatoms. The molecule has 1 N–H and O–H groups in total. The van der Waals surface area contributed by atoms with E-state index in [1.807, 2.05) is 53.7 Å². The van der Waals surface area contributed by atoms with Gasteiger partial charge in [0.05, 0.1) is 23.7 Å². The molecule has 1 saturated heterocycles. The number of rotatable bonds is 5. The van der Waals surface area contributed by atoms with Gasteiger partial charge < -0.3 is 19.5 Å². The van der Waals surface area contributed by atoms with Crippen molar-refractivity contribution in [2.24, 2.45) is 0 Å². The molecule has 0 saturated carbocycles. The second-order valence-corrected chi connectivity index (χ2v) is 9.42. The van der Waals surface area contributed by atoms with Crippen LogP contribution >= 0.6 is 0 Å². The van der Waals surface area contributed by atoms with E-state index >= 15 is 0 Å². The summed E-state index contributed by atoms with van der Waals surface area (Å²) in [5.74, 6) is 0.657. The van der Waals surface area contributed by atoms with E-state index in [9.17, 15) is 10.1 Å². The number of hydrogen-bond donors (Lipinski definition) is 1. The van der Waals surface area contributed by atoms with Crippen LogP contribution in [0, 0.1) is 11.3 Å². The molecule has 1 fully saturated rings. The van der Waals surface area contributed by atoms with E-state index in [2.05, 4.69) is 27.0 Å². The van der Waals surface area contributed by atoms with E-state index in [0.29, 0.717) is 30.0 Å². The third-order valence-electron chi connectivity index (χ3n) is 7.17. The quantitative estimate of drug-likeness (QED) is 0.450. The number of ether oxygens (including phenoxy) is 1. The predicted molar refractivity (Wildman–Crippen MR) is 139 cm³/mol. The summed E-state index contributed by atoms with van der Waals surface area (Å²) >= 11 is 0. The highest BCUT2D eigenvalue weighted by Crippen LogP contribution is 2.34. The number of likely N-dealkylation sites (tertiary alicyclic amines) is 1. The van der Waals surface area contributed by atoms with Crippen LogP contribution < -0.4 is 4.74 Å². The summed E-state index contributed by atoms with van der Waals surface area (Å²) in [5, 5.41) is 10.3. The molecule has 0 bridgehead atoms. The molecule has 6 rings (SSSR count). The molecule has 2 aromatic carbocycles. The van der Waals surface area contributed by atoms with Crippen molar-refractivity contribution in [1.82, 2.24) is 19.8 Å². The fourth-order valence-corrected chi connectivity index (χ4v) is 5.17. The number of H-pyrrole nitrogens is 1. The van der Waals surface area contributed by atoms with Gasteiger partial charge in [0.15, 0.2) is 0 Å². The number of carbonyl (C=O) groups excluding carboxylic acids is 1. The van der Waals surface area contributed by atoms with E-state index in [1.165, 1.54) is 12.8 Å². The molecular weight excluding hydrogens is 450 g/mol. The fourth-order valence-electron chi connectivity index (χ4n) is 5.17. The van der Waals surface area contributed by atoms with Gasteiger partial charge >= 0.3 is 0 Å². The van der Waals surface area contributed by atoms with E-state index in [1.54, 1.807) is 6.07 Å². The average Bonchev–Trinajstić information content (AvgIpc) is 3.57. The van der Waals surface area contributed by atoms with Crippen LogP contribution in [0.5, 0.6) is 5.75 Å². The van der Waals surface area contributed by atoms with Gasteiger partial charge in [-0.2, -0.15) is 5.26 Å². The lowest BCUT2D eigenvalue weighted by atomic mass is 10.00. The van der Waals surface area contributed by atoms with Gasteiger partial charge in [0.25, 0.3) is 5.91 Å². The van der Waals surface area contributed by atoms with Gasteiger partial charge in [-0.05, 0) is 67.4 Å². The van der Waals surface area contributed by atoms with Crippen molar-refractivity contribution < 1.29 is 9.53 Å². The summed E-state index contributed by atoms with van der Waals surface area (Å²) in [6.07, 6.45) is 6.25. The molecular formula is C29H27N5O2. The minimum absolute atomic E-state index is 0.0344. The molecule has 0 spiro atoms. The van der Waals surface area contributed by atoms with Crippen molar-refractivity contribution in [3.63, 3.8) is 0 Å². The van der Waals surface area contributed by atoms with E-state index < -0.39 is 0 Å². The largest absolute Gasteiger partial charge is 0.491 e. The van der Waals surface area contributed by atoms with Crippen LogP contribution in [0.4, 0.5) is 0 Å². The number of fused-ring (bicyclic) bond motifs is 2. The summed E-state index contributed by atoms with van der Waals surface area (Å²) < 4.78 is 6.04. The van der Waals surface area contributed by atoms with Crippen LogP contribution in [0.1, 0.15) is 28.8 Å². The Balaban J connectivity index is 1.29. The first-order valence-corrected chi connectivity index (χ1v) is 12.5. The van der Waals surface area contributed by atoms with E-state index in [4.69, 9.17) is 4.74 Å². The molecule has 0 aliphatic carbocycles. The van der Waals surface area contributed by atoms with Crippen molar-refractivity contribution in [3.05, 3.63) is 72.1 Å². The maximum absolute atomic E-state index is 13.3. The Labute approximate surface area is 209 Å². The molecule has 2 aromatic heterocycles. The second-order valence-electron chi connectivity index (χ2n) is 9.42. The number of amides is 1. The molecule has 180 valence electrons. The molecule has 36 heavy (non-hydrogen) atoms. The Hall–Kier alpha value is -4.15. The zero-order valence-corrected chi connectivity index (χ0v) is 20.0. The van der Waals surface area contributed by atoms with Crippen molar-refractivity contribution >= 4 is 16.9 Å². The highest BCUT2D eigenvalue weighted by molar-refractivity contribution is 5.99. The number of nitriles is 1.